The molecule has 3 nitrogen and oxygen atoms in total. The predicted octanol–water partition coefficient (Wildman–Crippen LogP) is 3.18. The van der Waals surface area contributed by atoms with Crippen LogP contribution in [0.25, 0.3) is 0 Å². The van der Waals surface area contributed by atoms with E-state index in [1.807, 2.05) is 11.8 Å². The summed E-state index contributed by atoms with van der Waals surface area (Å²) >= 11 is 0. The number of nitrogens with zero attached hydrogens (tertiary/aromatic N) is 1. The molecule has 1 amide bonds. The van der Waals surface area contributed by atoms with Crippen LogP contribution in [0.5, 0.6) is 0 Å². The molecule has 23 heavy (non-hydrogen) atoms. The highest BCUT2D eigenvalue weighted by atomic mass is 16.3. The second kappa shape index (κ2) is 6.64. The number of aliphatic hydroxyl groups excluding tert-OH is 1. The van der Waals surface area contributed by atoms with Crippen LogP contribution in [-0.2, 0) is 11.2 Å². The Kier molecular flexibility index (Phi) is 4.77. The van der Waals surface area contributed by atoms with Crippen LogP contribution in [0.2, 0.25) is 0 Å². The Morgan fingerprint density at radius 1 is 1.43 bits per heavy atom. The van der Waals surface area contributed by atoms with Crippen LogP contribution in [0.4, 0.5) is 0 Å². The number of aryl methyl sites for hydroxylation is 1. The van der Waals surface area contributed by atoms with Gasteiger partial charge in [0.1, 0.15) is 0 Å². The van der Waals surface area contributed by atoms with Gasteiger partial charge in [-0.15, -0.1) is 0 Å². The Hall–Kier alpha value is -1.35. The van der Waals surface area contributed by atoms with E-state index < -0.39 is 0 Å². The maximum Gasteiger partial charge on any atom is 0.228 e. The van der Waals surface area contributed by atoms with Gasteiger partial charge in [-0.3, -0.25) is 4.79 Å². The van der Waals surface area contributed by atoms with E-state index in [0.717, 1.165) is 25.4 Å². The lowest BCUT2D eigenvalue weighted by atomic mass is 9.76. The van der Waals surface area contributed by atoms with E-state index in [2.05, 4.69) is 31.2 Å². The first-order chi connectivity index (χ1) is 11.0. The number of aliphatic hydroxyl groups is 1. The van der Waals surface area contributed by atoms with Gasteiger partial charge in [-0.25, -0.2) is 0 Å². The van der Waals surface area contributed by atoms with Gasteiger partial charge in [0.25, 0.3) is 0 Å². The third-order valence-electron chi connectivity index (χ3n) is 5.84. The number of rotatable bonds is 5. The molecular weight excluding hydrogens is 286 g/mol. The highest BCUT2D eigenvalue weighted by Gasteiger charge is 2.49. The molecule has 1 aliphatic heterocycles. The lowest BCUT2D eigenvalue weighted by Gasteiger charge is -2.49. The quantitative estimate of drug-likeness (QED) is 0.906. The van der Waals surface area contributed by atoms with Gasteiger partial charge in [0.05, 0.1) is 12.5 Å². The molecule has 1 heterocycles. The molecule has 2 aliphatic rings. The first-order valence-electron chi connectivity index (χ1n) is 9.00. The van der Waals surface area contributed by atoms with E-state index in [9.17, 15) is 9.90 Å². The fraction of sp³-hybridized carbons (Fsp3) is 0.650. The molecule has 1 N–H and O–H groups in total. The van der Waals surface area contributed by atoms with Crippen molar-refractivity contribution in [1.82, 2.24) is 4.90 Å². The van der Waals surface area contributed by atoms with Crippen molar-refractivity contribution in [1.29, 1.82) is 0 Å². The molecule has 1 unspecified atom stereocenters. The number of likely N-dealkylation sites (tertiary alicyclic amines) is 1. The summed E-state index contributed by atoms with van der Waals surface area (Å²) in [5.41, 5.74) is 3.16. The molecule has 1 aromatic rings. The van der Waals surface area contributed by atoms with Crippen molar-refractivity contribution in [3.63, 3.8) is 0 Å². The SMILES string of the molecule is CC[C@H](CO)C(=O)N1CC2(CCC(Cc3cccc(C)c3)C2)C1. The molecule has 2 atom stereocenters. The zero-order valence-electron chi connectivity index (χ0n) is 14.4. The third-order valence-corrected chi connectivity index (χ3v) is 5.84. The van der Waals surface area contributed by atoms with Gasteiger partial charge < -0.3 is 10.0 Å². The molecular formula is C20H29NO2. The minimum Gasteiger partial charge on any atom is -0.396 e. The van der Waals surface area contributed by atoms with E-state index in [1.165, 1.54) is 36.8 Å². The Bertz CT molecular complexity index is 559. The monoisotopic (exact) mass is 315 g/mol. The summed E-state index contributed by atoms with van der Waals surface area (Å²) in [6.07, 6.45) is 5.69. The largest absolute Gasteiger partial charge is 0.396 e. The highest BCUT2D eigenvalue weighted by Crippen LogP contribution is 2.49. The summed E-state index contributed by atoms with van der Waals surface area (Å²) in [4.78, 5) is 14.3. The molecule has 0 aromatic heterocycles. The van der Waals surface area contributed by atoms with Crippen LogP contribution in [0.1, 0.15) is 43.7 Å². The Morgan fingerprint density at radius 2 is 2.22 bits per heavy atom. The van der Waals surface area contributed by atoms with E-state index >= 15 is 0 Å². The average Bonchev–Trinajstić information content (AvgIpc) is 2.91. The second-order valence-electron chi connectivity index (χ2n) is 7.78. The smallest absolute Gasteiger partial charge is 0.228 e. The lowest BCUT2D eigenvalue weighted by Crippen LogP contribution is -2.59. The maximum absolute atomic E-state index is 12.3. The fourth-order valence-electron chi connectivity index (χ4n) is 4.52. The van der Waals surface area contributed by atoms with Crippen molar-refractivity contribution in [2.45, 2.75) is 46.0 Å². The van der Waals surface area contributed by atoms with E-state index in [1.54, 1.807) is 0 Å². The van der Waals surface area contributed by atoms with Crippen molar-refractivity contribution in [3.8, 4) is 0 Å². The van der Waals surface area contributed by atoms with Gasteiger partial charge in [0.2, 0.25) is 5.91 Å². The number of hydrogen-bond donors (Lipinski definition) is 1. The summed E-state index contributed by atoms with van der Waals surface area (Å²) in [6.45, 7) is 5.93. The first-order valence-corrected chi connectivity index (χ1v) is 9.00. The summed E-state index contributed by atoms with van der Waals surface area (Å²) in [5.74, 6) is 0.716. The number of hydrogen-bond acceptors (Lipinski definition) is 2. The van der Waals surface area contributed by atoms with Crippen LogP contribution in [0.3, 0.4) is 0 Å². The fourth-order valence-corrected chi connectivity index (χ4v) is 4.52. The Labute approximate surface area is 139 Å². The number of amides is 1. The van der Waals surface area contributed by atoms with E-state index in [-0.39, 0.29) is 18.4 Å². The third kappa shape index (κ3) is 3.45. The van der Waals surface area contributed by atoms with Crippen molar-refractivity contribution in [3.05, 3.63) is 35.4 Å². The standard InChI is InChI=1S/C20H29NO2/c1-3-18(12-22)19(23)21-13-20(14-21)8-7-17(11-20)10-16-6-4-5-15(2)9-16/h4-6,9,17-18,22H,3,7-8,10-14H2,1-2H3/t17?,18-/m1/s1. The summed E-state index contributed by atoms with van der Waals surface area (Å²) in [7, 11) is 0. The van der Waals surface area contributed by atoms with Crippen molar-refractivity contribution in [2.75, 3.05) is 19.7 Å². The van der Waals surface area contributed by atoms with Gasteiger partial charge in [-0.2, -0.15) is 0 Å². The van der Waals surface area contributed by atoms with Crippen LogP contribution < -0.4 is 0 Å². The molecule has 1 spiro atoms. The molecule has 126 valence electrons. The zero-order chi connectivity index (χ0) is 16.4. The first kappa shape index (κ1) is 16.5. The lowest BCUT2D eigenvalue weighted by molar-refractivity contribution is -0.149. The second-order valence-corrected chi connectivity index (χ2v) is 7.78. The van der Waals surface area contributed by atoms with Crippen LogP contribution >= 0.6 is 0 Å². The van der Waals surface area contributed by atoms with E-state index in [4.69, 9.17) is 0 Å². The summed E-state index contributed by atoms with van der Waals surface area (Å²) in [6, 6.07) is 8.84. The van der Waals surface area contributed by atoms with Crippen LogP contribution in [0.15, 0.2) is 24.3 Å². The Morgan fingerprint density at radius 3 is 2.87 bits per heavy atom. The number of benzene rings is 1. The minimum absolute atomic E-state index is 0.0190. The number of carbonyl (C=O) groups excluding carboxylic acids is 1. The molecule has 1 aromatic carbocycles. The summed E-state index contributed by atoms with van der Waals surface area (Å²) in [5, 5.41) is 9.30. The van der Waals surface area contributed by atoms with Crippen molar-refractivity contribution < 1.29 is 9.90 Å². The molecule has 1 saturated carbocycles. The molecule has 3 rings (SSSR count). The normalized spacial score (nSPS) is 23.8. The van der Waals surface area contributed by atoms with Crippen LogP contribution in [0, 0.1) is 24.2 Å². The van der Waals surface area contributed by atoms with Gasteiger partial charge in [-0.05, 0) is 50.5 Å². The molecule has 1 saturated heterocycles. The van der Waals surface area contributed by atoms with Crippen molar-refractivity contribution in [2.24, 2.45) is 17.3 Å². The van der Waals surface area contributed by atoms with Gasteiger partial charge >= 0.3 is 0 Å². The van der Waals surface area contributed by atoms with Gasteiger partial charge in [0, 0.05) is 18.5 Å². The molecule has 2 fully saturated rings. The van der Waals surface area contributed by atoms with Gasteiger partial charge in [-0.1, -0.05) is 36.8 Å². The number of carbonyl (C=O) groups is 1. The maximum atomic E-state index is 12.3. The molecule has 0 bridgehead atoms. The zero-order valence-corrected chi connectivity index (χ0v) is 14.4. The topological polar surface area (TPSA) is 40.5 Å². The molecule has 0 radical (unpaired) electrons. The molecule has 1 aliphatic carbocycles. The van der Waals surface area contributed by atoms with Crippen LogP contribution in [-0.4, -0.2) is 35.6 Å². The average molecular weight is 315 g/mol. The minimum atomic E-state index is -0.197. The summed E-state index contributed by atoms with van der Waals surface area (Å²) < 4.78 is 0. The van der Waals surface area contributed by atoms with E-state index in [0.29, 0.717) is 5.41 Å². The predicted molar refractivity (Wildman–Crippen MR) is 92.1 cm³/mol. The highest BCUT2D eigenvalue weighted by molar-refractivity contribution is 5.80. The van der Waals surface area contributed by atoms with Crippen molar-refractivity contribution >= 4 is 5.91 Å². The van der Waals surface area contributed by atoms with Gasteiger partial charge in [0.15, 0.2) is 0 Å². The molecule has 3 heteroatoms. The Balaban J connectivity index is 1.52.